The number of hydrogen-bond donors (Lipinski definition) is 4. The van der Waals surface area contributed by atoms with E-state index in [0.29, 0.717) is 62.4 Å². The van der Waals surface area contributed by atoms with Crippen molar-refractivity contribution in [3.63, 3.8) is 0 Å². The highest BCUT2D eigenvalue weighted by atomic mass is 32.1. The molecule has 3 fully saturated rings. The lowest BCUT2D eigenvalue weighted by molar-refractivity contribution is -0.141. The number of nitrogens with zero attached hydrogens (tertiary/aromatic N) is 7. The highest BCUT2D eigenvalue weighted by Gasteiger charge is 2.44. The van der Waals surface area contributed by atoms with Gasteiger partial charge in [0, 0.05) is 63.9 Å². The Hall–Kier alpha value is -5.70. The summed E-state index contributed by atoms with van der Waals surface area (Å²) in [7, 11) is 0. The first kappa shape index (κ1) is 49.7. The van der Waals surface area contributed by atoms with Gasteiger partial charge >= 0.3 is 0 Å². The number of piperidine rings is 1. The van der Waals surface area contributed by atoms with E-state index in [4.69, 9.17) is 29.2 Å². The molecule has 2 amide bonds. The average molecular weight is 968 g/mol. The molecule has 0 bridgehead atoms. The zero-order chi connectivity index (χ0) is 48.3. The summed E-state index contributed by atoms with van der Waals surface area (Å²) in [6.07, 6.45) is 3.05. The van der Waals surface area contributed by atoms with Crippen molar-refractivity contribution in [3.05, 3.63) is 83.2 Å². The fourth-order valence-electron chi connectivity index (χ4n) is 9.47. The number of nitrogen functional groups attached to an aromatic ring is 1. The number of phenolic OH excluding ortho intramolecular Hbond substituents is 1. The molecule has 0 radical (unpaired) electrons. The minimum atomic E-state index is -0.822. The number of para-hydroxylation sites is 1. The van der Waals surface area contributed by atoms with Gasteiger partial charge < -0.3 is 54.5 Å². The number of aromatic nitrogens is 4. The van der Waals surface area contributed by atoms with E-state index in [1.165, 1.54) is 4.90 Å². The van der Waals surface area contributed by atoms with E-state index in [2.05, 4.69) is 35.5 Å². The molecule has 1 spiro atoms. The maximum absolute atomic E-state index is 14.0. The van der Waals surface area contributed by atoms with Gasteiger partial charge in [0.2, 0.25) is 11.8 Å². The van der Waals surface area contributed by atoms with Gasteiger partial charge in [0.25, 0.3) is 5.88 Å². The number of carbonyl (C=O) groups excluding carboxylic acids is 2. The van der Waals surface area contributed by atoms with Crippen molar-refractivity contribution in [2.24, 2.45) is 5.92 Å². The molecule has 3 aliphatic heterocycles. The molecule has 69 heavy (non-hydrogen) atoms. The molecule has 3 aromatic heterocycles. The van der Waals surface area contributed by atoms with Crippen molar-refractivity contribution in [2.45, 2.75) is 83.1 Å². The molecule has 3 atom stereocenters. The number of unbranched alkanes of at least 4 members (excludes halogenated alkanes) is 1. The van der Waals surface area contributed by atoms with E-state index in [1.807, 2.05) is 68.7 Å². The molecule has 8 rings (SSSR count). The first-order valence-corrected chi connectivity index (χ1v) is 24.9. The molecule has 6 heterocycles. The number of benzene rings is 2. The molecule has 5 N–H and O–H groups in total. The number of aryl methyl sites for hydroxylation is 1. The van der Waals surface area contributed by atoms with Crippen molar-refractivity contribution in [2.75, 3.05) is 89.5 Å². The Labute approximate surface area is 407 Å². The van der Waals surface area contributed by atoms with Crippen molar-refractivity contribution in [1.29, 1.82) is 0 Å². The van der Waals surface area contributed by atoms with Gasteiger partial charge in [-0.1, -0.05) is 50.2 Å². The number of aromatic hydroxyl groups is 1. The number of carbonyl (C=O) groups is 2. The second-order valence-corrected chi connectivity index (χ2v) is 19.3. The number of aliphatic hydroxyl groups is 1. The number of β-amino-alcohol motifs (C(OH)–C–C–N with tert-alkyl or cyclic N) is 1. The lowest BCUT2D eigenvalue weighted by atomic mass is 9.89. The van der Waals surface area contributed by atoms with Crippen molar-refractivity contribution < 1.29 is 43.3 Å². The van der Waals surface area contributed by atoms with E-state index in [-0.39, 0.29) is 54.5 Å². The number of thiazole rings is 1. The van der Waals surface area contributed by atoms with Crippen LogP contribution in [-0.4, -0.2) is 149 Å². The van der Waals surface area contributed by atoms with Crippen LogP contribution in [0.3, 0.4) is 0 Å². The second kappa shape index (κ2) is 23.3. The minimum absolute atomic E-state index is 0.0487. The van der Waals surface area contributed by atoms with Crippen LogP contribution in [0.1, 0.15) is 68.9 Å². The van der Waals surface area contributed by atoms with Crippen molar-refractivity contribution in [1.82, 2.24) is 35.5 Å². The SMILES string of the molecule is Cc1ncsc1-c1ccc(CNC(=O)C2C[C@@H](O)CN2C(=O)C(c2cc(OCCOCCOCCCCN3CCOC4(CCN(c5cc(-c6ccccc6O)nnc5N)CC4)C3)no2)C(C)C)cc1. The summed E-state index contributed by atoms with van der Waals surface area (Å²) in [6, 6.07) is 17.8. The Balaban J connectivity index is 0.692. The summed E-state index contributed by atoms with van der Waals surface area (Å²) >= 11 is 1.59. The van der Waals surface area contributed by atoms with Crippen LogP contribution in [0, 0.1) is 12.8 Å². The van der Waals surface area contributed by atoms with Crippen LogP contribution >= 0.6 is 11.3 Å². The van der Waals surface area contributed by atoms with Crippen molar-refractivity contribution >= 4 is 34.7 Å². The Morgan fingerprint density at radius 1 is 0.986 bits per heavy atom. The molecular weight excluding hydrogens is 903 g/mol. The number of nitrogens with one attached hydrogen (secondary N) is 1. The fraction of sp³-hybridized carbons (Fsp3) is 0.520. The average Bonchev–Trinajstić information content (AvgIpc) is 4.11. The summed E-state index contributed by atoms with van der Waals surface area (Å²) < 4.78 is 29.4. The third kappa shape index (κ3) is 12.6. The predicted octanol–water partition coefficient (Wildman–Crippen LogP) is 5.43. The Morgan fingerprint density at radius 3 is 2.51 bits per heavy atom. The largest absolute Gasteiger partial charge is 0.507 e. The number of morpholine rings is 1. The first-order valence-electron chi connectivity index (χ1n) is 24.0. The normalized spacial score (nSPS) is 18.8. The van der Waals surface area contributed by atoms with Crippen LogP contribution in [0.2, 0.25) is 0 Å². The smallest absolute Gasteiger partial charge is 0.254 e. The van der Waals surface area contributed by atoms with E-state index in [1.54, 1.807) is 29.5 Å². The summed E-state index contributed by atoms with van der Waals surface area (Å²) in [5, 5.41) is 36.4. The third-order valence-electron chi connectivity index (χ3n) is 13.2. The van der Waals surface area contributed by atoms with Gasteiger partial charge in [0.05, 0.1) is 65.6 Å². The number of hydrogen-bond acceptors (Lipinski definition) is 17. The molecule has 5 aromatic rings. The molecule has 2 aromatic carbocycles. The van der Waals surface area contributed by atoms with E-state index >= 15 is 0 Å². The molecule has 370 valence electrons. The molecule has 0 saturated carbocycles. The van der Waals surface area contributed by atoms with Gasteiger partial charge in [-0.15, -0.1) is 21.5 Å². The maximum Gasteiger partial charge on any atom is 0.254 e. The van der Waals surface area contributed by atoms with Crippen LogP contribution in [0.4, 0.5) is 11.5 Å². The summed E-state index contributed by atoms with van der Waals surface area (Å²) in [6.45, 7) is 13.3. The minimum Gasteiger partial charge on any atom is -0.507 e. The Bertz CT molecular complexity index is 2460. The van der Waals surface area contributed by atoms with Gasteiger partial charge in [0.15, 0.2) is 11.6 Å². The quantitative estimate of drug-likeness (QED) is 0.0673. The summed E-state index contributed by atoms with van der Waals surface area (Å²) in [4.78, 5) is 39.1. The van der Waals surface area contributed by atoms with Crippen LogP contribution in [0.15, 0.2) is 70.7 Å². The third-order valence-corrected chi connectivity index (χ3v) is 14.2. The van der Waals surface area contributed by atoms with Gasteiger partial charge in [-0.3, -0.25) is 14.5 Å². The van der Waals surface area contributed by atoms with E-state index in [0.717, 1.165) is 85.8 Å². The molecule has 19 heteroatoms. The van der Waals surface area contributed by atoms with Crippen LogP contribution in [0.25, 0.3) is 21.7 Å². The van der Waals surface area contributed by atoms with Gasteiger partial charge in [0.1, 0.15) is 24.3 Å². The zero-order valence-electron chi connectivity index (χ0n) is 39.8. The predicted molar refractivity (Wildman–Crippen MR) is 261 cm³/mol. The lowest BCUT2D eigenvalue weighted by Gasteiger charge is -2.48. The van der Waals surface area contributed by atoms with E-state index in [9.17, 15) is 19.8 Å². The standard InChI is InChI=1S/C50H65N9O9S/c1-33(2)45(49(63)59-30-37(60)26-41(59)48(62)52-29-35-10-12-36(13-11-35)46-34(3)53-32-69-46)43-28-44(56-68-43)66-25-24-65-23-22-64-20-7-6-16-57-19-21-67-50(31-57)14-17-58(18-15-50)40-27-39(54-55-47(40)51)38-8-4-5-9-42(38)61/h4-5,8-13,27-28,32-33,37,41,45,60-61H,6-7,14-26,29-31H2,1-3H3,(H2,51,55)(H,52,62)/t37-,41?,45?/m1/s1. The second-order valence-electron chi connectivity index (χ2n) is 18.5. The maximum atomic E-state index is 14.0. The molecule has 18 nitrogen and oxygen atoms in total. The molecular formula is C50H65N9O9S. The topological polar surface area (TPSA) is 224 Å². The molecule has 2 unspecified atom stereocenters. The van der Waals surface area contributed by atoms with Crippen LogP contribution in [-0.2, 0) is 30.3 Å². The Morgan fingerprint density at radius 2 is 1.75 bits per heavy atom. The van der Waals surface area contributed by atoms with E-state index < -0.39 is 18.1 Å². The summed E-state index contributed by atoms with van der Waals surface area (Å²) in [5.74, 6) is -0.448. The van der Waals surface area contributed by atoms with Gasteiger partial charge in [-0.25, -0.2) is 4.98 Å². The highest BCUT2D eigenvalue weighted by Crippen LogP contribution is 2.37. The number of ether oxygens (including phenoxy) is 4. The molecule has 3 aliphatic rings. The lowest BCUT2D eigenvalue weighted by Crippen LogP contribution is -2.57. The highest BCUT2D eigenvalue weighted by molar-refractivity contribution is 7.13. The first-order chi connectivity index (χ1) is 33.5. The number of nitrogens with two attached hydrogens (primary N) is 1. The molecule has 3 saturated heterocycles. The monoisotopic (exact) mass is 967 g/mol. The number of likely N-dealkylation sites (tertiary alicyclic amines) is 1. The number of rotatable bonds is 21. The van der Waals surface area contributed by atoms with Gasteiger partial charge in [-0.05, 0) is 79.6 Å². The number of phenols is 1. The summed E-state index contributed by atoms with van der Waals surface area (Å²) in [5.41, 5.74) is 12.9. The zero-order valence-corrected chi connectivity index (χ0v) is 40.6. The number of anilines is 2. The molecule has 0 aliphatic carbocycles. The van der Waals surface area contributed by atoms with Crippen LogP contribution < -0.4 is 20.7 Å². The number of aliphatic hydroxyl groups excluding tert-OH is 1. The Kier molecular flexibility index (Phi) is 16.8. The van der Waals surface area contributed by atoms with Crippen molar-refractivity contribution in [3.8, 4) is 33.3 Å². The fourth-order valence-corrected chi connectivity index (χ4v) is 10.3. The number of amides is 2. The van der Waals surface area contributed by atoms with Gasteiger partial charge in [-0.2, -0.15) is 0 Å². The van der Waals surface area contributed by atoms with Crippen LogP contribution in [0.5, 0.6) is 11.6 Å².